The smallest absolute Gasteiger partial charge is 0.338 e. The molecule has 0 saturated carbocycles. The molecule has 0 radical (unpaired) electrons. The van der Waals surface area contributed by atoms with Crippen LogP contribution in [0.15, 0.2) is 18.2 Å². The molecule has 3 nitrogen and oxygen atoms in total. The van der Waals surface area contributed by atoms with E-state index in [0.29, 0.717) is 5.69 Å². The van der Waals surface area contributed by atoms with Crippen molar-refractivity contribution < 1.29 is 14.3 Å². The van der Waals surface area contributed by atoms with Crippen molar-refractivity contribution >= 4 is 11.7 Å². The molecule has 0 fully saturated rings. The monoisotopic (exact) mass is 239 g/mol. The van der Waals surface area contributed by atoms with Crippen molar-refractivity contribution in [3.05, 3.63) is 29.6 Å². The van der Waals surface area contributed by atoms with Crippen LogP contribution in [0.1, 0.15) is 38.1 Å². The third-order valence-electron chi connectivity index (χ3n) is 2.88. The summed E-state index contributed by atoms with van der Waals surface area (Å²) in [5, 5.41) is 11.9. The van der Waals surface area contributed by atoms with Gasteiger partial charge in [-0.25, -0.2) is 9.18 Å². The number of nitrogens with one attached hydrogen (secondary N) is 1. The first-order chi connectivity index (χ1) is 7.71. The van der Waals surface area contributed by atoms with Crippen molar-refractivity contribution in [3.63, 3.8) is 0 Å². The lowest BCUT2D eigenvalue weighted by Crippen LogP contribution is -2.30. The molecule has 94 valence electrons. The highest BCUT2D eigenvalue weighted by Gasteiger charge is 2.20. The van der Waals surface area contributed by atoms with Crippen LogP contribution in [0.4, 0.5) is 10.1 Å². The molecule has 0 aliphatic carbocycles. The van der Waals surface area contributed by atoms with Crippen molar-refractivity contribution in [1.82, 2.24) is 0 Å². The van der Waals surface area contributed by atoms with E-state index >= 15 is 0 Å². The minimum Gasteiger partial charge on any atom is -0.478 e. The highest BCUT2D eigenvalue weighted by Crippen LogP contribution is 2.23. The number of carboxylic acid groups (broad SMARTS) is 1. The van der Waals surface area contributed by atoms with Crippen LogP contribution in [0.3, 0.4) is 0 Å². The van der Waals surface area contributed by atoms with E-state index in [1.807, 2.05) is 6.92 Å². The molecule has 17 heavy (non-hydrogen) atoms. The fourth-order valence-corrected chi connectivity index (χ4v) is 1.24. The van der Waals surface area contributed by atoms with Crippen molar-refractivity contribution in [2.75, 3.05) is 5.32 Å². The molecule has 0 bridgehead atoms. The van der Waals surface area contributed by atoms with E-state index in [2.05, 4.69) is 26.1 Å². The zero-order chi connectivity index (χ0) is 13.2. The molecular formula is C13H18FNO2. The average molecular weight is 239 g/mol. The first-order valence-corrected chi connectivity index (χ1v) is 5.51. The van der Waals surface area contributed by atoms with Gasteiger partial charge in [0.1, 0.15) is 5.82 Å². The number of carboxylic acids is 1. The number of hydrogen-bond acceptors (Lipinski definition) is 2. The maximum Gasteiger partial charge on any atom is 0.338 e. The van der Waals surface area contributed by atoms with E-state index in [0.717, 1.165) is 0 Å². The third-order valence-corrected chi connectivity index (χ3v) is 2.88. The molecule has 0 aliphatic rings. The number of halogens is 1. The van der Waals surface area contributed by atoms with Crippen LogP contribution in [0.25, 0.3) is 0 Å². The van der Waals surface area contributed by atoms with Crippen LogP contribution < -0.4 is 5.32 Å². The predicted molar refractivity (Wildman–Crippen MR) is 65.9 cm³/mol. The third kappa shape index (κ3) is 3.44. The number of benzene rings is 1. The van der Waals surface area contributed by atoms with Crippen LogP contribution in [-0.2, 0) is 0 Å². The SMILES string of the molecule is CC(Nc1ccc(C(=O)O)c(F)c1)C(C)(C)C. The first-order valence-electron chi connectivity index (χ1n) is 5.51. The van der Waals surface area contributed by atoms with Gasteiger partial charge in [-0.3, -0.25) is 0 Å². The van der Waals surface area contributed by atoms with Gasteiger partial charge in [0.15, 0.2) is 0 Å². The highest BCUT2D eigenvalue weighted by molar-refractivity contribution is 5.88. The fourth-order valence-electron chi connectivity index (χ4n) is 1.24. The van der Waals surface area contributed by atoms with Gasteiger partial charge in [-0.15, -0.1) is 0 Å². The quantitative estimate of drug-likeness (QED) is 0.850. The van der Waals surface area contributed by atoms with E-state index in [1.54, 1.807) is 6.07 Å². The van der Waals surface area contributed by atoms with Gasteiger partial charge in [-0.05, 0) is 30.5 Å². The molecule has 1 aromatic rings. The molecule has 0 aromatic heterocycles. The van der Waals surface area contributed by atoms with E-state index in [-0.39, 0.29) is 17.0 Å². The molecule has 0 aliphatic heterocycles. The van der Waals surface area contributed by atoms with Gasteiger partial charge in [0.25, 0.3) is 0 Å². The molecule has 1 unspecified atom stereocenters. The second-order valence-corrected chi connectivity index (χ2v) is 5.23. The lowest BCUT2D eigenvalue weighted by molar-refractivity contribution is 0.0692. The van der Waals surface area contributed by atoms with E-state index in [4.69, 9.17) is 5.11 Å². The Morgan fingerprint density at radius 3 is 2.41 bits per heavy atom. The standard InChI is InChI=1S/C13H18FNO2/c1-8(13(2,3)4)15-9-5-6-10(12(16)17)11(14)7-9/h5-8,15H,1-4H3,(H,16,17). The molecule has 0 spiro atoms. The van der Waals surface area contributed by atoms with Crippen molar-refractivity contribution in [1.29, 1.82) is 0 Å². The topological polar surface area (TPSA) is 49.3 Å². The van der Waals surface area contributed by atoms with Crippen LogP contribution in [0.2, 0.25) is 0 Å². The van der Waals surface area contributed by atoms with Gasteiger partial charge in [0, 0.05) is 11.7 Å². The summed E-state index contributed by atoms with van der Waals surface area (Å²) in [6.45, 7) is 8.23. The van der Waals surface area contributed by atoms with Gasteiger partial charge in [-0.1, -0.05) is 20.8 Å². The Kier molecular flexibility index (Phi) is 3.76. The summed E-state index contributed by atoms with van der Waals surface area (Å²) in [6, 6.07) is 4.22. The van der Waals surface area contributed by atoms with Crippen LogP contribution in [0, 0.1) is 11.2 Å². The Morgan fingerprint density at radius 2 is 2.00 bits per heavy atom. The summed E-state index contributed by atoms with van der Waals surface area (Å²) < 4.78 is 13.4. The van der Waals surface area contributed by atoms with E-state index in [1.165, 1.54) is 12.1 Å². The molecule has 0 amide bonds. The van der Waals surface area contributed by atoms with Gasteiger partial charge >= 0.3 is 5.97 Å². The number of carbonyl (C=O) groups is 1. The average Bonchev–Trinajstić information content (AvgIpc) is 2.15. The van der Waals surface area contributed by atoms with E-state index in [9.17, 15) is 9.18 Å². The number of rotatable bonds is 3. The molecule has 0 saturated heterocycles. The van der Waals surface area contributed by atoms with Crippen LogP contribution in [0.5, 0.6) is 0 Å². The maximum atomic E-state index is 13.4. The molecule has 0 heterocycles. The first kappa shape index (κ1) is 13.5. The van der Waals surface area contributed by atoms with Gasteiger partial charge in [0.2, 0.25) is 0 Å². The lowest BCUT2D eigenvalue weighted by atomic mass is 9.88. The Bertz CT molecular complexity index is 424. The molecule has 1 aromatic carbocycles. The maximum absolute atomic E-state index is 13.4. The Hall–Kier alpha value is -1.58. The Balaban J connectivity index is 2.88. The summed E-state index contributed by atoms with van der Waals surface area (Å²) in [7, 11) is 0. The number of aromatic carboxylic acids is 1. The van der Waals surface area contributed by atoms with Gasteiger partial charge in [-0.2, -0.15) is 0 Å². The lowest BCUT2D eigenvalue weighted by Gasteiger charge is -2.29. The van der Waals surface area contributed by atoms with E-state index < -0.39 is 11.8 Å². The van der Waals surface area contributed by atoms with Crippen LogP contribution >= 0.6 is 0 Å². The molecule has 1 rings (SSSR count). The minimum atomic E-state index is -1.25. The number of hydrogen-bond donors (Lipinski definition) is 2. The summed E-state index contributed by atoms with van der Waals surface area (Å²) in [5.41, 5.74) is 0.330. The van der Waals surface area contributed by atoms with Gasteiger partial charge < -0.3 is 10.4 Å². The molecule has 2 N–H and O–H groups in total. The minimum absolute atomic E-state index is 0.0436. The zero-order valence-electron chi connectivity index (χ0n) is 10.5. The van der Waals surface area contributed by atoms with Gasteiger partial charge in [0.05, 0.1) is 5.56 Å². The second-order valence-electron chi connectivity index (χ2n) is 5.23. The summed E-state index contributed by atoms with van der Waals surface area (Å²) >= 11 is 0. The summed E-state index contributed by atoms with van der Waals surface area (Å²) in [6.07, 6.45) is 0. The van der Waals surface area contributed by atoms with Crippen molar-refractivity contribution in [2.45, 2.75) is 33.7 Å². The Labute approximate surface area is 101 Å². The molecular weight excluding hydrogens is 221 g/mol. The Morgan fingerprint density at radius 1 is 1.41 bits per heavy atom. The zero-order valence-corrected chi connectivity index (χ0v) is 10.5. The largest absolute Gasteiger partial charge is 0.478 e. The molecule has 4 heteroatoms. The van der Waals surface area contributed by atoms with Crippen LogP contribution in [-0.4, -0.2) is 17.1 Å². The van der Waals surface area contributed by atoms with Crippen molar-refractivity contribution in [3.8, 4) is 0 Å². The summed E-state index contributed by atoms with van der Waals surface area (Å²) in [4.78, 5) is 10.7. The predicted octanol–water partition coefficient (Wildman–Crippen LogP) is 3.37. The summed E-state index contributed by atoms with van der Waals surface area (Å²) in [5.74, 6) is -1.97. The molecule has 1 atom stereocenters. The normalized spacial score (nSPS) is 13.2. The number of anilines is 1. The fraction of sp³-hybridized carbons (Fsp3) is 0.462. The van der Waals surface area contributed by atoms with Crippen molar-refractivity contribution in [2.24, 2.45) is 5.41 Å². The second kappa shape index (κ2) is 4.73. The highest BCUT2D eigenvalue weighted by atomic mass is 19.1.